The van der Waals surface area contributed by atoms with Crippen molar-refractivity contribution in [3.8, 4) is 12.3 Å². The molecule has 1 aliphatic heterocycles. The van der Waals surface area contributed by atoms with Gasteiger partial charge in [-0.2, -0.15) is 0 Å². The van der Waals surface area contributed by atoms with Crippen molar-refractivity contribution in [3.63, 3.8) is 0 Å². The van der Waals surface area contributed by atoms with E-state index in [1.807, 2.05) is 18.1 Å². The van der Waals surface area contributed by atoms with Crippen LogP contribution in [0.5, 0.6) is 0 Å². The van der Waals surface area contributed by atoms with Crippen molar-refractivity contribution < 1.29 is 4.79 Å². The standard InChI is InChI=1S/C21H24N2S.C3H6O/c1-3-5-8-18-11-13-20(14-12-18)24-23-16-15-22(4-2)21-10-7-6-9-19(21)17-23;1-3(2)4/h1,4,6-7,9-14,19,21H,2,5,8,15-17H2;1-2H3. The van der Waals surface area contributed by atoms with Crippen molar-refractivity contribution in [2.45, 2.75) is 37.6 Å². The Labute approximate surface area is 174 Å². The Kier molecular flexibility index (Phi) is 9.13. The molecule has 0 saturated carbocycles. The number of carbonyl (C=O) groups is 1. The molecular weight excluding hydrogens is 364 g/mol. The van der Waals surface area contributed by atoms with E-state index in [9.17, 15) is 4.79 Å². The van der Waals surface area contributed by atoms with Crippen LogP contribution in [0.3, 0.4) is 0 Å². The van der Waals surface area contributed by atoms with Gasteiger partial charge in [-0.15, -0.1) is 12.3 Å². The normalized spacial score (nSPS) is 21.0. The number of fused-ring (bicyclic) bond motifs is 1. The molecule has 148 valence electrons. The molecule has 2 unspecified atom stereocenters. The lowest BCUT2D eigenvalue weighted by molar-refractivity contribution is -0.114. The second-order valence-electron chi connectivity index (χ2n) is 7.08. The maximum absolute atomic E-state index is 9.44. The average molecular weight is 395 g/mol. The summed E-state index contributed by atoms with van der Waals surface area (Å²) < 4.78 is 2.47. The number of Topliss-reactive ketones (excluding diaryl/α,β-unsaturated/α-hetero) is 1. The zero-order chi connectivity index (χ0) is 20.4. The Morgan fingerprint density at radius 3 is 2.57 bits per heavy atom. The third-order valence-corrected chi connectivity index (χ3v) is 5.64. The van der Waals surface area contributed by atoms with Crippen LogP contribution in [0.4, 0.5) is 0 Å². The van der Waals surface area contributed by atoms with Crippen LogP contribution in [0, 0.1) is 18.3 Å². The SMILES string of the molecule is C#CCCc1ccc(SN2CCN(C=C)C3C=CC=CC3C2)cc1.CC(C)=O. The largest absolute Gasteiger partial charge is 0.370 e. The lowest BCUT2D eigenvalue weighted by Gasteiger charge is -2.31. The molecule has 1 aromatic rings. The summed E-state index contributed by atoms with van der Waals surface area (Å²) in [5.74, 6) is 3.38. The number of hydrogen-bond acceptors (Lipinski definition) is 4. The van der Waals surface area contributed by atoms with Crippen LogP contribution in [-0.4, -0.2) is 40.7 Å². The van der Waals surface area contributed by atoms with Gasteiger partial charge in [-0.25, -0.2) is 4.31 Å². The molecule has 1 aliphatic carbocycles. The van der Waals surface area contributed by atoms with E-state index in [-0.39, 0.29) is 5.78 Å². The lowest BCUT2D eigenvalue weighted by atomic mass is 9.94. The molecule has 1 heterocycles. The summed E-state index contributed by atoms with van der Waals surface area (Å²) >= 11 is 1.85. The fourth-order valence-electron chi connectivity index (χ4n) is 3.25. The molecule has 28 heavy (non-hydrogen) atoms. The van der Waals surface area contributed by atoms with Crippen molar-refractivity contribution in [3.05, 3.63) is 66.9 Å². The van der Waals surface area contributed by atoms with Gasteiger partial charge in [0.2, 0.25) is 0 Å². The number of carbonyl (C=O) groups excluding carboxylic acids is 1. The van der Waals surface area contributed by atoms with E-state index in [4.69, 9.17) is 6.42 Å². The van der Waals surface area contributed by atoms with Gasteiger partial charge in [0, 0.05) is 36.9 Å². The minimum absolute atomic E-state index is 0.167. The number of hydrogen-bond donors (Lipinski definition) is 0. The summed E-state index contributed by atoms with van der Waals surface area (Å²) in [6.45, 7) is 10.1. The van der Waals surface area contributed by atoms with E-state index in [2.05, 4.69) is 70.3 Å². The summed E-state index contributed by atoms with van der Waals surface area (Å²) in [5.41, 5.74) is 1.31. The molecule has 0 N–H and O–H groups in total. The number of ketones is 1. The maximum Gasteiger partial charge on any atom is 0.126 e. The molecule has 0 spiro atoms. The first-order valence-corrected chi connectivity index (χ1v) is 10.5. The number of rotatable bonds is 5. The smallest absolute Gasteiger partial charge is 0.126 e. The summed E-state index contributed by atoms with van der Waals surface area (Å²) in [4.78, 5) is 13.1. The van der Waals surface area contributed by atoms with Crippen molar-refractivity contribution >= 4 is 17.7 Å². The number of terminal acetylenes is 1. The van der Waals surface area contributed by atoms with Crippen molar-refractivity contribution in [1.29, 1.82) is 0 Å². The van der Waals surface area contributed by atoms with E-state index in [0.717, 1.165) is 32.5 Å². The Morgan fingerprint density at radius 1 is 1.25 bits per heavy atom. The lowest BCUT2D eigenvalue weighted by Crippen LogP contribution is -2.35. The molecule has 2 atom stereocenters. The number of nitrogens with zero attached hydrogens (tertiary/aromatic N) is 2. The molecule has 3 rings (SSSR count). The zero-order valence-corrected chi connectivity index (χ0v) is 17.7. The molecular formula is C24H30N2OS. The predicted molar refractivity (Wildman–Crippen MR) is 120 cm³/mol. The van der Waals surface area contributed by atoms with Gasteiger partial charge in [-0.1, -0.05) is 43.0 Å². The van der Waals surface area contributed by atoms with Gasteiger partial charge in [0.1, 0.15) is 5.78 Å². The number of benzene rings is 1. The number of allylic oxidation sites excluding steroid dienone is 2. The second-order valence-corrected chi connectivity index (χ2v) is 8.25. The minimum Gasteiger partial charge on any atom is -0.370 e. The maximum atomic E-state index is 9.44. The molecule has 1 saturated heterocycles. The summed E-state index contributed by atoms with van der Waals surface area (Å²) in [6, 6.07) is 9.24. The van der Waals surface area contributed by atoms with Gasteiger partial charge in [-0.3, -0.25) is 0 Å². The summed E-state index contributed by atoms with van der Waals surface area (Å²) in [7, 11) is 0. The van der Waals surface area contributed by atoms with E-state index in [1.165, 1.54) is 24.3 Å². The first-order valence-electron chi connectivity index (χ1n) is 9.69. The molecule has 2 aliphatic rings. The Bertz CT molecular complexity index is 741. The summed E-state index contributed by atoms with van der Waals surface area (Å²) in [5, 5.41) is 0. The topological polar surface area (TPSA) is 23.6 Å². The summed E-state index contributed by atoms with van der Waals surface area (Å²) in [6.07, 6.45) is 18.0. The van der Waals surface area contributed by atoms with Crippen LogP contribution < -0.4 is 0 Å². The van der Waals surface area contributed by atoms with Crippen LogP contribution in [0.2, 0.25) is 0 Å². The van der Waals surface area contributed by atoms with E-state index in [0.29, 0.717) is 12.0 Å². The highest BCUT2D eigenvalue weighted by molar-refractivity contribution is 7.97. The fourth-order valence-corrected chi connectivity index (χ4v) is 4.22. The van der Waals surface area contributed by atoms with Crippen LogP contribution in [0.15, 0.2) is 66.2 Å². The first-order chi connectivity index (χ1) is 13.5. The van der Waals surface area contributed by atoms with Crippen LogP contribution in [0.25, 0.3) is 0 Å². The first kappa shape index (κ1) is 22.1. The molecule has 0 bridgehead atoms. The van der Waals surface area contributed by atoms with Crippen LogP contribution in [0.1, 0.15) is 25.8 Å². The van der Waals surface area contributed by atoms with Crippen LogP contribution in [-0.2, 0) is 11.2 Å². The van der Waals surface area contributed by atoms with Gasteiger partial charge in [0.05, 0.1) is 6.04 Å². The monoisotopic (exact) mass is 394 g/mol. The highest BCUT2D eigenvalue weighted by Gasteiger charge is 2.29. The zero-order valence-electron chi connectivity index (χ0n) is 16.9. The van der Waals surface area contributed by atoms with Crippen LogP contribution >= 0.6 is 11.9 Å². The molecule has 0 aromatic heterocycles. The third kappa shape index (κ3) is 7.07. The van der Waals surface area contributed by atoms with Crippen molar-refractivity contribution in [2.75, 3.05) is 19.6 Å². The van der Waals surface area contributed by atoms with Gasteiger partial charge in [-0.05, 0) is 56.1 Å². The average Bonchev–Trinajstić information content (AvgIpc) is 2.86. The van der Waals surface area contributed by atoms with Crippen molar-refractivity contribution in [1.82, 2.24) is 9.21 Å². The van der Waals surface area contributed by atoms with Gasteiger partial charge in [0.15, 0.2) is 0 Å². The molecule has 3 nitrogen and oxygen atoms in total. The van der Waals surface area contributed by atoms with E-state index < -0.39 is 0 Å². The minimum atomic E-state index is 0.167. The molecule has 0 radical (unpaired) electrons. The third-order valence-electron chi connectivity index (χ3n) is 4.57. The van der Waals surface area contributed by atoms with Gasteiger partial charge in [0.25, 0.3) is 0 Å². The Morgan fingerprint density at radius 2 is 1.93 bits per heavy atom. The molecule has 0 amide bonds. The Hall–Kier alpha value is -2.22. The second kappa shape index (κ2) is 11.6. The van der Waals surface area contributed by atoms with E-state index in [1.54, 1.807) is 0 Å². The molecule has 1 fully saturated rings. The predicted octanol–water partition coefficient (Wildman–Crippen LogP) is 4.73. The molecule has 1 aromatic carbocycles. The van der Waals surface area contributed by atoms with Crippen molar-refractivity contribution in [2.24, 2.45) is 5.92 Å². The van der Waals surface area contributed by atoms with Gasteiger partial charge < -0.3 is 9.69 Å². The molecule has 4 heteroatoms. The quantitative estimate of drug-likeness (QED) is 0.532. The highest BCUT2D eigenvalue weighted by Crippen LogP contribution is 2.30. The number of aryl methyl sites for hydroxylation is 1. The van der Waals surface area contributed by atoms with E-state index >= 15 is 0 Å². The Balaban J connectivity index is 0.000000640. The highest BCUT2D eigenvalue weighted by atomic mass is 32.2. The van der Waals surface area contributed by atoms with Gasteiger partial charge >= 0.3 is 0 Å². The fraction of sp³-hybridized carbons (Fsp3) is 0.375.